The van der Waals surface area contributed by atoms with Crippen LogP contribution < -0.4 is 0 Å². The van der Waals surface area contributed by atoms with Crippen molar-refractivity contribution < 1.29 is 9.53 Å². The predicted molar refractivity (Wildman–Crippen MR) is 61.2 cm³/mol. The van der Waals surface area contributed by atoms with Gasteiger partial charge >= 0.3 is 5.97 Å². The highest BCUT2D eigenvalue weighted by Crippen LogP contribution is 2.20. The first-order chi connectivity index (χ1) is 7.10. The topological polar surface area (TPSA) is 26.3 Å². The molecule has 0 saturated carbocycles. The number of carbonyl (C=O) groups excluding carboxylic acids is 1. The summed E-state index contributed by atoms with van der Waals surface area (Å²) in [5.74, 6) is 0.197. The van der Waals surface area contributed by atoms with Crippen LogP contribution in [0.15, 0.2) is 12.1 Å². The van der Waals surface area contributed by atoms with Crippen LogP contribution in [0.3, 0.4) is 0 Å². The summed E-state index contributed by atoms with van der Waals surface area (Å²) >= 11 is 5.83. The molecule has 2 nitrogen and oxygen atoms in total. The summed E-state index contributed by atoms with van der Waals surface area (Å²) in [6.07, 6.45) is 0.298. The fraction of sp³-hybridized carbons (Fsp3) is 0.417. The Labute approximate surface area is 95.2 Å². The number of ether oxygens (including phenoxy) is 1. The first kappa shape index (κ1) is 12.1. The molecule has 0 aromatic heterocycles. The van der Waals surface area contributed by atoms with Crippen molar-refractivity contribution in [3.8, 4) is 0 Å². The maximum absolute atomic E-state index is 11.2. The zero-order valence-corrected chi connectivity index (χ0v) is 10.0. The third-order valence-corrected chi connectivity index (χ3v) is 2.95. The molecule has 1 rings (SSSR count). The minimum atomic E-state index is -0.227. The van der Waals surface area contributed by atoms with E-state index in [4.69, 9.17) is 11.6 Å². The highest BCUT2D eigenvalue weighted by molar-refractivity contribution is 6.17. The van der Waals surface area contributed by atoms with Crippen molar-refractivity contribution >= 4 is 17.6 Å². The lowest BCUT2D eigenvalue weighted by molar-refractivity contribution is -0.139. The molecule has 0 aliphatic carbocycles. The monoisotopic (exact) mass is 226 g/mol. The van der Waals surface area contributed by atoms with Gasteiger partial charge in [0.15, 0.2) is 0 Å². The maximum atomic E-state index is 11.2. The van der Waals surface area contributed by atoms with E-state index in [2.05, 4.69) is 4.74 Å². The standard InChI is InChI=1S/C12H15ClO2/c1-8-4-5-10(7-13)11(9(8)2)6-12(14)15-3/h4-5H,6-7H2,1-3H3. The number of carbonyl (C=O) groups is 1. The van der Waals surface area contributed by atoms with Gasteiger partial charge in [0.2, 0.25) is 0 Å². The van der Waals surface area contributed by atoms with Gasteiger partial charge in [0.25, 0.3) is 0 Å². The van der Waals surface area contributed by atoms with Crippen molar-refractivity contribution in [3.63, 3.8) is 0 Å². The van der Waals surface area contributed by atoms with E-state index in [0.717, 1.165) is 16.7 Å². The van der Waals surface area contributed by atoms with Gasteiger partial charge in [-0.3, -0.25) is 4.79 Å². The van der Waals surface area contributed by atoms with Gasteiger partial charge in [-0.2, -0.15) is 0 Å². The third-order valence-electron chi connectivity index (χ3n) is 2.66. The summed E-state index contributed by atoms with van der Waals surface area (Å²) in [5.41, 5.74) is 4.29. The molecule has 0 atom stereocenters. The van der Waals surface area contributed by atoms with Crippen LogP contribution in [0, 0.1) is 13.8 Å². The van der Waals surface area contributed by atoms with Gasteiger partial charge < -0.3 is 4.74 Å². The van der Waals surface area contributed by atoms with E-state index in [0.29, 0.717) is 12.3 Å². The lowest BCUT2D eigenvalue weighted by Crippen LogP contribution is -2.08. The summed E-state index contributed by atoms with van der Waals surface area (Å²) in [4.78, 5) is 11.2. The summed E-state index contributed by atoms with van der Waals surface area (Å²) in [5, 5.41) is 0. The molecule has 0 amide bonds. The minimum Gasteiger partial charge on any atom is -0.469 e. The van der Waals surface area contributed by atoms with Crippen molar-refractivity contribution in [2.45, 2.75) is 26.1 Å². The van der Waals surface area contributed by atoms with E-state index < -0.39 is 0 Å². The molecule has 3 heteroatoms. The van der Waals surface area contributed by atoms with Crippen LogP contribution in [0.2, 0.25) is 0 Å². The Morgan fingerprint density at radius 3 is 2.60 bits per heavy atom. The summed E-state index contributed by atoms with van der Waals surface area (Å²) < 4.78 is 4.67. The van der Waals surface area contributed by atoms with E-state index in [9.17, 15) is 4.79 Å². The fourth-order valence-corrected chi connectivity index (χ4v) is 1.77. The Hall–Kier alpha value is -1.02. The normalized spacial score (nSPS) is 10.1. The van der Waals surface area contributed by atoms with Gasteiger partial charge in [-0.15, -0.1) is 11.6 Å². The van der Waals surface area contributed by atoms with Crippen LogP contribution in [-0.4, -0.2) is 13.1 Å². The van der Waals surface area contributed by atoms with Gasteiger partial charge in [-0.05, 0) is 36.1 Å². The number of esters is 1. The van der Waals surface area contributed by atoms with Crippen LogP contribution in [0.4, 0.5) is 0 Å². The van der Waals surface area contributed by atoms with Crippen molar-refractivity contribution in [2.75, 3.05) is 7.11 Å². The van der Waals surface area contributed by atoms with Gasteiger partial charge in [-0.25, -0.2) is 0 Å². The molecular weight excluding hydrogens is 212 g/mol. The second-order valence-corrected chi connectivity index (χ2v) is 3.80. The maximum Gasteiger partial charge on any atom is 0.309 e. The number of aryl methyl sites for hydroxylation is 1. The highest BCUT2D eigenvalue weighted by atomic mass is 35.5. The van der Waals surface area contributed by atoms with Crippen LogP contribution >= 0.6 is 11.6 Å². The predicted octanol–water partition coefficient (Wildman–Crippen LogP) is 2.76. The van der Waals surface area contributed by atoms with Crippen molar-refractivity contribution in [1.29, 1.82) is 0 Å². The quantitative estimate of drug-likeness (QED) is 0.585. The Kier molecular flexibility index (Phi) is 4.15. The number of methoxy groups -OCH3 is 1. The Bertz CT molecular complexity index is 372. The lowest BCUT2D eigenvalue weighted by Gasteiger charge is -2.12. The highest BCUT2D eigenvalue weighted by Gasteiger charge is 2.11. The molecule has 0 unspecified atom stereocenters. The SMILES string of the molecule is COC(=O)Cc1c(CCl)ccc(C)c1C. The van der Waals surface area contributed by atoms with Gasteiger partial charge in [-0.1, -0.05) is 12.1 Å². The van der Waals surface area contributed by atoms with Gasteiger partial charge in [0.05, 0.1) is 13.5 Å². The smallest absolute Gasteiger partial charge is 0.309 e. The molecule has 0 aliphatic rings. The lowest BCUT2D eigenvalue weighted by atomic mass is 9.96. The molecule has 82 valence electrons. The van der Waals surface area contributed by atoms with E-state index in [1.54, 1.807) is 0 Å². The number of hydrogen-bond donors (Lipinski definition) is 0. The molecule has 1 aromatic carbocycles. The fourth-order valence-electron chi connectivity index (χ4n) is 1.52. The number of halogens is 1. The molecular formula is C12H15ClO2. The van der Waals surface area contributed by atoms with Crippen molar-refractivity contribution in [3.05, 3.63) is 34.4 Å². The third kappa shape index (κ3) is 2.72. The van der Waals surface area contributed by atoms with Crippen LogP contribution in [-0.2, 0) is 21.8 Å². The molecule has 0 saturated heterocycles. The summed E-state index contributed by atoms with van der Waals surface area (Å²) in [6, 6.07) is 3.99. The van der Waals surface area contributed by atoms with Crippen molar-refractivity contribution in [1.82, 2.24) is 0 Å². The van der Waals surface area contributed by atoms with E-state index in [1.807, 2.05) is 26.0 Å². The first-order valence-electron chi connectivity index (χ1n) is 4.81. The zero-order valence-electron chi connectivity index (χ0n) is 9.26. The first-order valence-corrected chi connectivity index (χ1v) is 5.34. The summed E-state index contributed by atoms with van der Waals surface area (Å²) in [6.45, 7) is 4.03. The molecule has 1 aromatic rings. The van der Waals surface area contributed by atoms with Crippen LogP contribution in [0.25, 0.3) is 0 Å². The second-order valence-electron chi connectivity index (χ2n) is 3.53. The Morgan fingerprint density at radius 1 is 1.40 bits per heavy atom. The molecule has 0 spiro atoms. The molecule has 0 aliphatic heterocycles. The molecule has 0 radical (unpaired) electrons. The number of benzene rings is 1. The Morgan fingerprint density at radius 2 is 2.07 bits per heavy atom. The molecule has 0 fully saturated rings. The molecule has 0 heterocycles. The van der Waals surface area contributed by atoms with E-state index in [1.165, 1.54) is 12.7 Å². The summed E-state index contributed by atoms with van der Waals surface area (Å²) in [7, 11) is 1.40. The van der Waals surface area contributed by atoms with Crippen LogP contribution in [0.5, 0.6) is 0 Å². The van der Waals surface area contributed by atoms with Crippen molar-refractivity contribution in [2.24, 2.45) is 0 Å². The minimum absolute atomic E-state index is 0.227. The second kappa shape index (κ2) is 5.17. The Balaban J connectivity index is 3.12. The van der Waals surface area contributed by atoms with Gasteiger partial charge in [0.1, 0.15) is 0 Å². The average molecular weight is 227 g/mol. The average Bonchev–Trinajstić information content (AvgIpc) is 2.25. The number of rotatable bonds is 3. The molecule has 0 bridgehead atoms. The number of hydrogen-bond acceptors (Lipinski definition) is 2. The largest absolute Gasteiger partial charge is 0.469 e. The zero-order chi connectivity index (χ0) is 11.4. The number of alkyl halides is 1. The van der Waals surface area contributed by atoms with E-state index >= 15 is 0 Å². The van der Waals surface area contributed by atoms with Gasteiger partial charge in [0, 0.05) is 5.88 Å². The molecule has 0 N–H and O–H groups in total. The molecule has 15 heavy (non-hydrogen) atoms. The van der Waals surface area contributed by atoms with Crippen LogP contribution in [0.1, 0.15) is 22.3 Å². The van der Waals surface area contributed by atoms with E-state index in [-0.39, 0.29) is 5.97 Å².